The number of nitrogens with zero attached hydrogens (tertiary/aromatic N) is 1. The van der Waals surface area contributed by atoms with Crippen molar-refractivity contribution in [1.82, 2.24) is 9.71 Å². The van der Waals surface area contributed by atoms with Crippen molar-refractivity contribution in [2.75, 3.05) is 5.73 Å². The Balaban J connectivity index is 2.29. The Morgan fingerprint density at radius 1 is 1.53 bits per heavy atom. The molecular weight excluding hydrogens is 238 g/mol. The normalized spacial score (nSPS) is 18.6. The van der Waals surface area contributed by atoms with Crippen molar-refractivity contribution in [3.05, 3.63) is 18.3 Å². The van der Waals surface area contributed by atoms with E-state index in [1.165, 1.54) is 6.20 Å². The standard InChI is InChI=1S/C11H17N3O2S/c1-2-11(6-4-7-11)14-17(15,16)10-9(12)5-3-8-13-10/h3,5,8,14H,2,4,6-7,12H2,1H3. The predicted molar refractivity (Wildman–Crippen MR) is 65.8 cm³/mol. The Morgan fingerprint density at radius 3 is 2.71 bits per heavy atom. The van der Waals surface area contributed by atoms with E-state index in [0.29, 0.717) is 0 Å². The minimum atomic E-state index is -3.61. The zero-order valence-electron chi connectivity index (χ0n) is 9.81. The maximum atomic E-state index is 12.2. The van der Waals surface area contributed by atoms with Crippen LogP contribution in [-0.2, 0) is 10.0 Å². The van der Waals surface area contributed by atoms with E-state index >= 15 is 0 Å². The molecule has 0 saturated heterocycles. The van der Waals surface area contributed by atoms with Gasteiger partial charge in [-0.3, -0.25) is 0 Å². The smallest absolute Gasteiger partial charge is 0.260 e. The number of aromatic nitrogens is 1. The van der Waals surface area contributed by atoms with Crippen LogP contribution in [0.25, 0.3) is 0 Å². The summed E-state index contributed by atoms with van der Waals surface area (Å²) in [4.78, 5) is 3.85. The van der Waals surface area contributed by atoms with Crippen molar-refractivity contribution in [1.29, 1.82) is 0 Å². The summed E-state index contributed by atoms with van der Waals surface area (Å²) < 4.78 is 27.1. The van der Waals surface area contributed by atoms with Crippen molar-refractivity contribution >= 4 is 15.7 Å². The molecule has 0 radical (unpaired) electrons. The summed E-state index contributed by atoms with van der Waals surface area (Å²) in [6.45, 7) is 1.99. The van der Waals surface area contributed by atoms with Gasteiger partial charge < -0.3 is 5.73 Å². The summed E-state index contributed by atoms with van der Waals surface area (Å²) in [5.41, 5.74) is 5.54. The highest BCUT2D eigenvalue weighted by Gasteiger charge is 2.39. The lowest BCUT2D eigenvalue weighted by atomic mass is 9.76. The van der Waals surface area contributed by atoms with E-state index < -0.39 is 10.0 Å². The van der Waals surface area contributed by atoms with Gasteiger partial charge in [0.05, 0.1) is 5.69 Å². The number of pyridine rings is 1. The number of anilines is 1. The summed E-state index contributed by atoms with van der Waals surface area (Å²) >= 11 is 0. The highest BCUT2D eigenvalue weighted by Crippen LogP contribution is 2.36. The SMILES string of the molecule is CCC1(NS(=O)(=O)c2ncccc2N)CCC1. The van der Waals surface area contributed by atoms with E-state index in [1.54, 1.807) is 12.1 Å². The molecule has 6 heteroatoms. The third kappa shape index (κ3) is 2.28. The molecule has 0 atom stereocenters. The molecule has 0 bridgehead atoms. The monoisotopic (exact) mass is 255 g/mol. The van der Waals surface area contributed by atoms with Crippen molar-refractivity contribution in [2.45, 2.75) is 43.2 Å². The minimum Gasteiger partial charge on any atom is -0.396 e. The topological polar surface area (TPSA) is 85.1 Å². The van der Waals surface area contributed by atoms with Crippen LogP contribution in [0.2, 0.25) is 0 Å². The highest BCUT2D eigenvalue weighted by atomic mass is 32.2. The summed E-state index contributed by atoms with van der Waals surface area (Å²) in [6.07, 6.45) is 5.06. The maximum Gasteiger partial charge on any atom is 0.260 e. The quantitative estimate of drug-likeness (QED) is 0.848. The summed E-state index contributed by atoms with van der Waals surface area (Å²) in [7, 11) is -3.61. The zero-order chi connectivity index (χ0) is 12.5. The fourth-order valence-electron chi connectivity index (χ4n) is 2.09. The maximum absolute atomic E-state index is 12.2. The Labute approximate surface area is 101 Å². The molecule has 1 aromatic heterocycles. The van der Waals surface area contributed by atoms with Crippen LogP contribution in [-0.4, -0.2) is 18.9 Å². The van der Waals surface area contributed by atoms with Crippen LogP contribution in [0.3, 0.4) is 0 Å². The molecule has 5 nitrogen and oxygen atoms in total. The van der Waals surface area contributed by atoms with Crippen LogP contribution in [0.1, 0.15) is 32.6 Å². The number of nitrogen functional groups attached to an aromatic ring is 1. The zero-order valence-corrected chi connectivity index (χ0v) is 10.6. The number of nitrogens with two attached hydrogens (primary N) is 1. The molecule has 17 heavy (non-hydrogen) atoms. The van der Waals surface area contributed by atoms with Gasteiger partial charge in [0.15, 0.2) is 5.03 Å². The Bertz CT molecular complexity index is 504. The van der Waals surface area contributed by atoms with Crippen molar-refractivity contribution in [3.8, 4) is 0 Å². The third-order valence-electron chi connectivity index (χ3n) is 3.39. The molecule has 94 valence electrons. The lowest BCUT2D eigenvalue weighted by molar-refractivity contribution is 0.213. The minimum absolute atomic E-state index is 0.0697. The van der Waals surface area contributed by atoms with Crippen molar-refractivity contribution in [3.63, 3.8) is 0 Å². The van der Waals surface area contributed by atoms with Crippen LogP contribution in [0.15, 0.2) is 23.4 Å². The first-order valence-corrected chi connectivity index (χ1v) is 7.22. The van der Waals surface area contributed by atoms with Gasteiger partial charge in [-0.1, -0.05) is 6.92 Å². The number of sulfonamides is 1. The van der Waals surface area contributed by atoms with Gasteiger partial charge in [0.1, 0.15) is 0 Å². The third-order valence-corrected chi connectivity index (χ3v) is 4.95. The molecule has 0 amide bonds. The molecule has 0 aromatic carbocycles. The first-order chi connectivity index (χ1) is 7.99. The molecule has 1 aromatic rings. The van der Waals surface area contributed by atoms with E-state index in [-0.39, 0.29) is 16.3 Å². The lowest BCUT2D eigenvalue weighted by Gasteiger charge is -2.41. The summed E-state index contributed by atoms with van der Waals surface area (Å²) in [6, 6.07) is 3.16. The van der Waals surface area contributed by atoms with E-state index in [2.05, 4.69) is 9.71 Å². The van der Waals surface area contributed by atoms with Crippen LogP contribution in [0, 0.1) is 0 Å². The second-order valence-corrected chi connectivity index (χ2v) is 6.09. The number of hydrogen-bond acceptors (Lipinski definition) is 4. The fourth-order valence-corrected chi connectivity index (χ4v) is 3.69. The van der Waals surface area contributed by atoms with Gasteiger partial charge in [0.2, 0.25) is 0 Å². The van der Waals surface area contributed by atoms with Gasteiger partial charge in [-0.2, -0.15) is 0 Å². The first kappa shape index (κ1) is 12.3. The molecule has 1 heterocycles. The second-order valence-electron chi connectivity index (χ2n) is 4.49. The van der Waals surface area contributed by atoms with Crippen LogP contribution in [0.4, 0.5) is 5.69 Å². The molecule has 0 spiro atoms. The number of hydrogen-bond donors (Lipinski definition) is 2. The van der Waals surface area contributed by atoms with Crippen LogP contribution < -0.4 is 10.5 Å². The molecule has 0 unspecified atom stereocenters. The summed E-state index contributed by atoms with van der Waals surface area (Å²) in [5.74, 6) is 0. The van der Waals surface area contributed by atoms with Gasteiger partial charge >= 0.3 is 0 Å². The lowest BCUT2D eigenvalue weighted by Crippen LogP contribution is -2.53. The van der Waals surface area contributed by atoms with Gasteiger partial charge in [0.25, 0.3) is 10.0 Å². The van der Waals surface area contributed by atoms with Gasteiger partial charge in [0, 0.05) is 11.7 Å². The predicted octanol–water partition coefficient (Wildman–Crippen LogP) is 1.27. The molecule has 2 rings (SSSR count). The molecule has 1 aliphatic rings. The molecule has 3 N–H and O–H groups in total. The molecular formula is C11H17N3O2S. The summed E-state index contributed by atoms with van der Waals surface area (Å²) in [5, 5.41) is -0.0697. The largest absolute Gasteiger partial charge is 0.396 e. The molecule has 1 fully saturated rings. The van der Waals surface area contributed by atoms with Gasteiger partial charge in [-0.25, -0.2) is 18.1 Å². The highest BCUT2D eigenvalue weighted by molar-refractivity contribution is 7.89. The molecule has 1 aliphatic carbocycles. The average molecular weight is 255 g/mol. The Hall–Kier alpha value is -1.14. The van der Waals surface area contributed by atoms with Crippen molar-refractivity contribution < 1.29 is 8.42 Å². The average Bonchev–Trinajstić information content (AvgIpc) is 2.24. The van der Waals surface area contributed by atoms with E-state index in [9.17, 15) is 8.42 Å². The van der Waals surface area contributed by atoms with E-state index in [1.807, 2.05) is 6.92 Å². The van der Waals surface area contributed by atoms with E-state index in [4.69, 9.17) is 5.73 Å². The molecule has 0 aliphatic heterocycles. The number of rotatable bonds is 4. The van der Waals surface area contributed by atoms with E-state index in [0.717, 1.165) is 25.7 Å². The fraction of sp³-hybridized carbons (Fsp3) is 0.545. The first-order valence-electron chi connectivity index (χ1n) is 5.74. The van der Waals surface area contributed by atoms with Gasteiger partial charge in [-0.05, 0) is 37.8 Å². The Kier molecular flexibility index (Phi) is 3.09. The Morgan fingerprint density at radius 2 is 2.24 bits per heavy atom. The molecule has 1 saturated carbocycles. The van der Waals surface area contributed by atoms with Crippen LogP contribution in [0.5, 0.6) is 0 Å². The van der Waals surface area contributed by atoms with Crippen molar-refractivity contribution in [2.24, 2.45) is 0 Å². The second kappa shape index (κ2) is 4.27. The van der Waals surface area contributed by atoms with Crippen LogP contribution >= 0.6 is 0 Å². The van der Waals surface area contributed by atoms with Gasteiger partial charge in [-0.15, -0.1) is 0 Å². The number of nitrogens with one attached hydrogen (secondary N) is 1.